The lowest BCUT2D eigenvalue weighted by molar-refractivity contribution is 0.0948. The number of thiazole rings is 1. The third-order valence-corrected chi connectivity index (χ3v) is 4.57. The monoisotopic (exact) mass is 338 g/mol. The van der Waals surface area contributed by atoms with E-state index in [1.165, 1.54) is 10.4 Å². The summed E-state index contributed by atoms with van der Waals surface area (Å²) in [5.74, 6) is 0.408. The molecule has 0 aliphatic rings. The molecule has 3 rings (SSSR count). The number of nitrogens with zero attached hydrogens (tertiary/aromatic N) is 1. The van der Waals surface area contributed by atoms with Gasteiger partial charge in [-0.3, -0.25) is 4.79 Å². The number of nitrogens with one attached hydrogen (secondary N) is 1. The normalized spacial score (nSPS) is 10.4. The summed E-state index contributed by atoms with van der Waals surface area (Å²) in [4.78, 5) is 17.9. The Morgan fingerprint density at radius 1 is 1.12 bits per heavy atom. The number of para-hydroxylation sites is 1. The number of amides is 1. The number of aromatic nitrogens is 1. The Hall–Kier alpha value is -2.66. The average molecular weight is 338 g/mol. The zero-order valence-electron chi connectivity index (χ0n) is 13.4. The van der Waals surface area contributed by atoms with Gasteiger partial charge in [-0.2, -0.15) is 0 Å². The second kappa shape index (κ2) is 7.75. The lowest BCUT2D eigenvalue weighted by atomic mass is 10.1. The summed E-state index contributed by atoms with van der Waals surface area (Å²) >= 11 is 1.62. The van der Waals surface area contributed by atoms with E-state index in [1.54, 1.807) is 30.6 Å². The van der Waals surface area contributed by atoms with Gasteiger partial charge in [0.2, 0.25) is 0 Å². The van der Waals surface area contributed by atoms with Crippen LogP contribution >= 0.6 is 11.3 Å². The van der Waals surface area contributed by atoms with E-state index in [9.17, 15) is 4.79 Å². The molecule has 0 spiro atoms. The molecule has 1 N–H and O–H groups in total. The molecular weight excluding hydrogens is 320 g/mol. The number of carbonyl (C=O) groups is 1. The Labute approximate surface area is 145 Å². The predicted octanol–water partition coefficient (Wildman–Crippen LogP) is 3.67. The van der Waals surface area contributed by atoms with Crippen molar-refractivity contribution in [2.45, 2.75) is 13.0 Å². The zero-order valence-corrected chi connectivity index (χ0v) is 14.2. The topological polar surface area (TPSA) is 51.2 Å². The molecule has 0 unspecified atom stereocenters. The quantitative estimate of drug-likeness (QED) is 0.746. The fraction of sp³-hybridized carbons (Fsp3) is 0.158. The molecule has 0 saturated carbocycles. The smallest absolute Gasteiger partial charge is 0.255 e. The van der Waals surface area contributed by atoms with Gasteiger partial charge in [0.05, 0.1) is 19.2 Å². The van der Waals surface area contributed by atoms with Crippen molar-refractivity contribution < 1.29 is 9.53 Å². The molecule has 0 radical (unpaired) electrons. The molecule has 1 amide bonds. The highest BCUT2D eigenvalue weighted by molar-refractivity contribution is 7.11. The van der Waals surface area contributed by atoms with Crippen LogP contribution in [0.3, 0.4) is 0 Å². The standard InChI is InChI=1S/C19H18N2O2S/c1-23-17-10-6-5-9-16(17)19(22)21-13-18-20-12-15(24-18)11-14-7-3-2-4-8-14/h2-10,12H,11,13H2,1H3,(H,21,22). The lowest BCUT2D eigenvalue weighted by Gasteiger charge is -2.07. The maximum atomic E-state index is 12.3. The lowest BCUT2D eigenvalue weighted by Crippen LogP contribution is -2.23. The molecule has 122 valence electrons. The molecule has 0 bridgehead atoms. The summed E-state index contributed by atoms with van der Waals surface area (Å²) in [6.45, 7) is 0.413. The van der Waals surface area contributed by atoms with Gasteiger partial charge in [-0.1, -0.05) is 42.5 Å². The van der Waals surface area contributed by atoms with Crippen LogP contribution in [0.2, 0.25) is 0 Å². The van der Waals surface area contributed by atoms with E-state index >= 15 is 0 Å². The van der Waals surface area contributed by atoms with Gasteiger partial charge < -0.3 is 10.1 Å². The van der Waals surface area contributed by atoms with Gasteiger partial charge in [-0.15, -0.1) is 11.3 Å². The fourth-order valence-corrected chi connectivity index (χ4v) is 3.29. The number of benzene rings is 2. The average Bonchev–Trinajstić information content (AvgIpc) is 3.08. The Bertz CT molecular complexity index is 815. The Kier molecular flexibility index (Phi) is 5.23. The molecule has 0 saturated heterocycles. The summed E-state index contributed by atoms with van der Waals surface area (Å²) in [5, 5.41) is 3.79. The van der Waals surface area contributed by atoms with Gasteiger partial charge in [0.15, 0.2) is 0 Å². The highest BCUT2D eigenvalue weighted by atomic mass is 32.1. The Morgan fingerprint density at radius 2 is 1.88 bits per heavy atom. The fourth-order valence-electron chi connectivity index (χ4n) is 2.39. The van der Waals surface area contributed by atoms with Crippen LogP contribution in [0.5, 0.6) is 5.75 Å². The van der Waals surface area contributed by atoms with Crippen molar-refractivity contribution in [2.75, 3.05) is 7.11 Å². The van der Waals surface area contributed by atoms with Gasteiger partial charge in [0.1, 0.15) is 10.8 Å². The number of methoxy groups -OCH3 is 1. The first-order valence-electron chi connectivity index (χ1n) is 7.65. The minimum atomic E-state index is -0.160. The second-order valence-electron chi connectivity index (χ2n) is 5.27. The van der Waals surface area contributed by atoms with Crippen molar-refractivity contribution in [3.05, 3.63) is 81.8 Å². The van der Waals surface area contributed by atoms with E-state index in [0.717, 1.165) is 11.4 Å². The van der Waals surface area contributed by atoms with E-state index in [4.69, 9.17) is 4.74 Å². The van der Waals surface area contributed by atoms with Crippen molar-refractivity contribution in [3.63, 3.8) is 0 Å². The van der Waals surface area contributed by atoms with E-state index in [1.807, 2.05) is 36.5 Å². The molecule has 24 heavy (non-hydrogen) atoms. The van der Waals surface area contributed by atoms with Gasteiger partial charge >= 0.3 is 0 Å². The molecule has 2 aromatic carbocycles. The van der Waals surface area contributed by atoms with E-state index in [0.29, 0.717) is 17.9 Å². The van der Waals surface area contributed by atoms with Crippen LogP contribution in [-0.4, -0.2) is 18.0 Å². The summed E-state index contributed by atoms with van der Waals surface area (Å²) < 4.78 is 5.22. The first-order chi connectivity index (χ1) is 11.8. The maximum Gasteiger partial charge on any atom is 0.255 e. The molecule has 0 atom stereocenters. The highest BCUT2D eigenvalue weighted by Crippen LogP contribution is 2.19. The van der Waals surface area contributed by atoms with Crippen molar-refractivity contribution in [1.29, 1.82) is 0 Å². The van der Waals surface area contributed by atoms with Crippen LogP contribution in [0.1, 0.15) is 25.8 Å². The zero-order chi connectivity index (χ0) is 16.8. The maximum absolute atomic E-state index is 12.3. The van der Waals surface area contributed by atoms with E-state index in [-0.39, 0.29) is 5.91 Å². The van der Waals surface area contributed by atoms with Crippen molar-refractivity contribution in [1.82, 2.24) is 10.3 Å². The van der Waals surface area contributed by atoms with Crippen LogP contribution in [0, 0.1) is 0 Å². The van der Waals surface area contributed by atoms with Crippen LogP contribution in [0.4, 0.5) is 0 Å². The molecule has 1 heterocycles. The Morgan fingerprint density at radius 3 is 2.67 bits per heavy atom. The summed E-state index contributed by atoms with van der Waals surface area (Å²) in [7, 11) is 1.56. The van der Waals surface area contributed by atoms with Gasteiger partial charge in [0.25, 0.3) is 5.91 Å². The largest absolute Gasteiger partial charge is 0.496 e. The third kappa shape index (κ3) is 4.00. The summed E-state index contributed by atoms with van der Waals surface area (Å²) in [5.41, 5.74) is 1.78. The number of ether oxygens (including phenoxy) is 1. The first-order valence-corrected chi connectivity index (χ1v) is 8.46. The van der Waals surface area contributed by atoms with Crippen LogP contribution in [0.25, 0.3) is 0 Å². The summed E-state index contributed by atoms with van der Waals surface area (Å²) in [6, 6.07) is 17.5. The molecule has 1 aromatic heterocycles. The van der Waals surface area contributed by atoms with Crippen LogP contribution < -0.4 is 10.1 Å². The number of hydrogen-bond donors (Lipinski definition) is 1. The van der Waals surface area contributed by atoms with Crippen molar-refractivity contribution in [3.8, 4) is 5.75 Å². The third-order valence-electron chi connectivity index (χ3n) is 3.57. The molecule has 4 nitrogen and oxygen atoms in total. The molecule has 3 aromatic rings. The molecule has 5 heteroatoms. The SMILES string of the molecule is COc1ccccc1C(=O)NCc1ncc(Cc2ccccc2)s1. The van der Waals surface area contributed by atoms with Gasteiger partial charge in [-0.25, -0.2) is 4.98 Å². The van der Waals surface area contributed by atoms with E-state index < -0.39 is 0 Å². The van der Waals surface area contributed by atoms with Crippen molar-refractivity contribution >= 4 is 17.2 Å². The number of rotatable bonds is 6. The second-order valence-corrected chi connectivity index (χ2v) is 6.47. The van der Waals surface area contributed by atoms with Crippen LogP contribution in [0.15, 0.2) is 60.8 Å². The molecule has 0 aliphatic heterocycles. The number of hydrogen-bond acceptors (Lipinski definition) is 4. The molecular formula is C19H18N2O2S. The van der Waals surface area contributed by atoms with Crippen LogP contribution in [-0.2, 0) is 13.0 Å². The molecule has 0 fully saturated rings. The molecule has 0 aliphatic carbocycles. The minimum Gasteiger partial charge on any atom is -0.496 e. The first kappa shape index (κ1) is 16.2. The van der Waals surface area contributed by atoms with Gasteiger partial charge in [0, 0.05) is 17.5 Å². The highest BCUT2D eigenvalue weighted by Gasteiger charge is 2.12. The minimum absolute atomic E-state index is 0.160. The van der Waals surface area contributed by atoms with Gasteiger partial charge in [-0.05, 0) is 17.7 Å². The van der Waals surface area contributed by atoms with E-state index in [2.05, 4.69) is 22.4 Å². The van der Waals surface area contributed by atoms with Crippen molar-refractivity contribution in [2.24, 2.45) is 0 Å². The number of carbonyl (C=O) groups excluding carboxylic acids is 1. The predicted molar refractivity (Wildman–Crippen MR) is 95.5 cm³/mol. The Balaban J connectivity index is 1.60. The summed E-state index contributed by atoms with van der Waals surface area (Å²) in [6.07, 6.45) is 2.74.